The van der Waals surface area contributed by atoms with E-state index in [-0.39, 0.29) is 52.7 Å². The largest absolute Gasteiger partial charge is 0.508 e. The van der Waals surface area contributed by atoms with Crippen LogP contribution in [0.15, 0.2) is 91.0 Å². The Morgan fingerprint density at radius 2 is 0.977 bits per heavy atom. The van der Waals surface area contributed by atoms with E-state index in [1.165, 1.54) is 42.5 Å². The minimum Gasteiger partial charge on any atom is -0.508 e. The van der Waals surface area contributed by atoms with Crippen LogP contribution in [-0.4, -0.2) is 52.4 Å². The van der Waals surface area contributed by atoms with Gasteiger partial charge in [0.2, 0.25) is 0 Å². The van der Waals surface area contributed by atoms with E-state index in [1.807, 2.05) is 13.8 Å². The van der Waals surface area contributed by atoms with Crippen molar-refractivity contribution in [3.63, 3.8) is 0 Å². The third-order valence-corrected chi connectivity index (χ3v) is 6.16. The number of aromatic carboxylic acids is 2. The predicted octanol–water partition coefficient (Wildman–Crippen LogP) is 5.71. The van der Waals surface area contributed by atoms with Crippen molar-refractivity contribution in [2.45, 2.75) is 13.8 Å². The van der Waals surface area contributed by atoms with Crippen molar-refractivity contribution in [1.82, 2.24) is 0 Å². The average Bonchev–Trinajstić information content (AvgIpc) is 3.00. The van der Waals surface area contributed by atoms with Gasteiger partial charge in [-0.15, -0.1) is 0 Å². The molecule has 0 aromatic heterocycles. The molecule has 0 aliphatic rings. The predicted molar refractivity (Wildman–Crippen MR) is 156 cm³/mol. The summed E-state index contributed by atoms with van der Waals surface area (Å²) in [5.74, 6) is -3.13. The first kappa shape index (κ1) is 31.1. The lowest BCUT2D eigenvalue weighted by Gasteiger charge is -2.25. The molecule has 4 aromatic rings. The number of phenolic OH excluding ortho intramolecular Hbond substituents is 1. The zero-order chi connectivity index (χ0) is 31.9. The molecule has 4 rings (SSSR count). The number of aromatic hydroxyl groups is 1. The monoisotopic (exact) mass is 600 g/mol. The minimum absolute atomic E-state index is 0.0545. The van der Waals surface area contributed by atoms with Crippen LogP contribution < -0.4 is 18.9 Å². The van der Waals surface area contributed by atoms with Gasteiger partial charge in [0, 0.05) is 5.41 Å². The van der Waals surface area contributed by atoms with Gasteiger partial charge in [-0.3, -0.25) is 0 Å². The molecule has 4 aromatic carbocycles. The summed E-state index contributed by atoms with van der Waals surface area (Å²) in [6.45, 7) is 4.44. The number of rotatable bonds is 12. The van der Waals surface area contributed by atoms with Gasteiger partial charge in [-0.2, -0.15) is 0 Å². The Hall–Kier alpha value is -5.84. The third kappa shape index (κ3) is 8.13. The van der Waals surface area contributed by atoms with Gasteiger partial charge in [-0.25, -0.2) is 19.2 Å². The second-order valence-corrected chi connectivity index (χ2v) is 10.3. The van der Waals surface area contributed by atoms with Gasteiger partial charge in [-0.05, 0) is 78.9 Å². The highest BCUT2D eigenvalue weighted by Crippen LogP contribution is 2.26. The van der Waals surface area contributed by atoms with Gasteiger partial charge < -0.3 is 34.3 Å². The van der Waals surface area contributed by atoms with Crippen molar-refractivity contribution >= 4 is 23.9 Å². The van der Waals surface area contributed by atoms with E-state index in [2.05, 4.69) is 0 Å². The number of carbonyl (C=O) groups is 4. The van der Waals surface area contributed by atoms with E-state index in [0.29, 0.717) is 11.5 Å². The van der Waals surface area contributed by atoms with Crippen molar-refractivity contribution in [2.75, 3.05) is 13.2 Å². The molecule has 226 valence electrons. The maximum atomic E-state index is 12.5. The summed E-state index contributed by atoms with van der Waals surface area (Å²) < 4.78 is 22.3. The topological polar surface area (TPSA) is 166 Å². The number of hydrogen-bond donors (Lipinski definition) is 3. The Balaban J connectivity index is 1.26. The summed E-state index contributed by atoms with van der Waals surface area (Å²) in [4.78, 5) is 47.7. The molecule has 0 atom stereocenters. The average molecular weight is 601 g/mol. The summed E-state index contributed by atoms with van der Waals surface area (Å²) in [5, 5.41) is 28.1. The van der Waals surface area contributed by atoms with E-state index < -0.39 is 29.3 Å². The smallest absolute Gasteiger partial charge is 0.344 e. The van der Waals surface area contributed by atoms with Crippen LogP contribution in [0.5, 0.6) is 28.7 Å². The Morgan fingerprint density at radius 3 is 1.43 bits per heavy atom. The van der Waals surface area contributed by atoms with Crippen LogP contribution in [0.3, 0.4) is 0 Å². The Bertz CT molecular complexity index is 1670. The number of phenols is 1. The summed E-state index contributed by atoms with van der Waals surface area (Å²) in [6.07, 6.45) is 0. The number of esters is 2. The molecular formula is C33H28O11. The fraction of sp³-hybridized carbons (Fsp3) is 0.152. The van der Waals surface area contributed by atoms with Crippen molar-refractivity contribution in [1.29, 1.82) is 0 Å². The molecule has 0 fully saturated rings. The number of ether oxygens (including phenoxy) is 4. The second-order valence-electron chi connectivity index (χ2n) is 10.3. The first-order chi connectivity index (χ1) is 20.9. The van der Waals surface area contributed by atoms with Gasteiger partial charge in [0.15, 0.2) is 0 Å². The molecule has 11 nitrogen and oxygen atoms in total. The van der Waals surface area contributed by atoms with E-state index in [0.717, 1.165) is 6.07 Å². The lowest BCUT2D eigenvalue weighted by atomic mass is 9.96. The second kappa shape index (κ2) is 13.4. The van der Waals surface area contributed by atoms with Crippen LogP contribution >= 0.6 is 0 Å². The van der Waals surface area contributed by atoms with Crippen LogP contribution in [0.4, 0.5) is 0 Å². The molecule has 44 heavy (non-hydrogen) atoms. The highest BCUT2D eigenvalue weighted by molar-refractivity contribution is 6.04. The van der Waals surface area contributed by atoms with Crippen LogP contribution in [0.25, 0.3) is 0 Å². The van der Waals surface area contributed by atoms with E-state index >= 15 is 0 Å². The summed E-state index contributed by atoms with van der Waals surface area (Å²) in [6, 6.07) is 21.7. The first-order valence-corrected chi connectivity index (χ1v) is 13.2. The lowest BCUT2D eigenvalue weighted by Crippen LogP contribution is -2.28. The molecule has 0 spiro atoms. The lowest BCUT2D eigenvalue weighted by molar-refractivity contribution is 0.0666. The SMILES string of the molecule is CC(C)(COc1ccc(OC(=O)c2ccccc2C(=O)O)cc1)COc1ccc(OC(=O)c2ccc(O)cc2C(=O)O)cc1. The molecule has 0 aliphatic carbocycles. The normalized spacial score (nSPS) is 10.9. The number of hydrogen-bond acceptors (Lipinski definition) is 9. The van der Waals surface area contributed by atoms with Crippen LogP contribution in [-0.2, 0) is 0 Å². The molecule has 0 heterocycles. The van der Waals surface area contributed by atoms with Crippen molar-refractivity contribution in [3.8, 4) is 28.7 Å². The Morgan fingerprint density at radius 1 is 0.568 bits per heavy atom. The standard InChI is InChI=1S/C33H28O11/c1-33(2,18-41-21-8-12-23(13-9-21)43-31(39)26-6-4-3-5-25(26)29(35)36)19-42-22-10-14-24(15-11-22)44-32(40)27-16-7-20(34)17-28(27)30(37)38/h3-17,34H,18-19H2,1-2H3,(H,35,36)(H,37,38). The fourth-order valence-electron chi connectivity index (χ4n) is 3.87. The van der Waals surface area contributed by atoms with Crippen LogP contribution in [0.2, 0.25) is 0 Å². The maximum absolute atomic E-state index is 12.5. The fourth-order valence-corrected chi connectivity index (χ4v) is 3.87. The molecule has 0 unspecified atom stereocenters. The zero-order valence-electron chi connectivity index (χ0n) is 23.7. The number of carboxylic acid groups (broad SMARTS) is 2. The molecule has 0 bridgehead atoms. The van der Waals surface area contributed by atoms with Gasteiger partial charge >= 0.3 is 23.9 Å². The highest BCUT2D eigenvalue weighted by atomic mass is 16.5. The number of carbonyl (C=O) groups excluding carboxylic acids is 2. The van der Waals surface area contributed by atoms with Crippen molar-refractivity contribution in [2.24, 2.45) is 5.41 Å². The zero-order valence-corrected chi connectivity index (χ0v) is 23.7. The molecule has 0 saturated carbocycles. The molecule has 0 radical (unpaired) electrons. The molecule has 0 aliphatic heterocycles. The molecular weight excluding hydrogens is 572 g/mol. The Kier molecular flexibility index (Phi) is 9.49. The van der Waals surface area contributed by atoms with Crippen molar-refractivity contribution in [3.05, 3.63) is 113 Å². The molecule has 0 saturated heterocycles. The summed E-state index contributed by atoms with van der Waals surface area (Å²) in [7, 11) is 0. The molecule has 11 heteroatoms. The van der Waals surface area contributed by atoms with Crippen LogP contribution in [0.1, 0.15) is 55.3 Å². The van der Waals surface area contributed by atoms with E-state index in [4.69, 9.17) is 18.9 Å². The summed E-state index contributed by atoms with van der Waals surface area (Å²) in [5.41, 5.74) is -1.21. The number of carboxylic acids is 2. The summed E-state index contributed by atoms with van der Waals surface area (Å²) >= 11 is 0. The maximum Gasteiger partial charge on any atom is 0.344 e. The van der Waals surface area contributed by atoms with Gasteiger partial charge in [0.05, 0.1) is 35.5 Å². The van der Waals surface area contributed by atoms with Gasteiger partial charge in [0.1, 0.15) is 28.7 Å². The quantitative estimate of drug-likeness (QED) is 0.135. The highest BCUT2D eigenvalue weighted by Gasteiger charge is 2.22. The van der Waals surface area contributed by atoms with E-state index in [9.17, 15) is 34.5 Å². The molecule has 3 N–H and O–H groups in total. The molecule has 0 amide bonds. The minimum atomic E-state index is -1.37. The number of benzene rings is 4. The van der Waals surface area contributed by atoms with E-state index in [1.54, 1.807) is 42.5 Å². The van der Waals surface area contributed by atoms with Crippen LogP contribution in [0, 0.1) is 5.41 Å². The van der Waals surface area contributed by atoms with Gasteiger partial charge in [-0.1, -0.05) is 26.0 Å². The third-order valence-electron chi connectivity index (χ3n) is 6.16. The Labute approximate surface area is 251 Å². The first-order valence-electron chi connectivity index (χ1n) is 13.2. The van der Waals surface area contributed by atoms with Crippen molar-refractivity contribution < 1.29 is 53.4 Å². The van der Waals surface area contributed by atoms with Gasteiger partial charge in [0.25, 0.3) is 0 Å².